The van der Waals surface area contributed by atoms with Crippen molar-refractivity contribution in [3.05, 3.63) is 12.2 Å². The molecule has 0 aliphatic carbocycles. The number of hydrogen-bond acceptors (Lipinski definition) is 1. The molecule has 3 heteroatoms. The molecule has 0 saturated heterocycles. The Morgan fingerprint density at radius 3 is 2.29 bits per heavy atom. The second-order valence-corrected chi connectivity index (χ2v) is 2.88. The van der Waals surface area contributed by atoms with Gasteiger partial charge in [0.15, 0.2) is 0 Å². The van der Waals surface area contributed by atoms with Crippen LogP contribution in [0.3, 0.4) is 0 Å². The van der Waals surface area contributed by atoms with Gasteiger partial charge >= 0.3 is 57.9 Å². The van der Waals surface area contributed by atoms with E-state index in [0.29, 0.717) is 0 Å². The number of allylic oxidation sites excluding steroid dienone is 1. The first kappa shape index (κ1) is 5.46. The van der Waals surface area contributed by atoms with Crippen molar-refractivity contribution in [1.82, 2.24) is 0 Å². The Morgan fingerprint density at radius 2 is 2.14 bits per heavy atom. The SMILES string of the molecule is [Se]C1=NC(=[Se])C=C1. The number of hydrogen-bond donors (Lipinski definition) is 0. The van der Waals surface area contributed by atoms with E-state index in [2.05, 4.69) is 36.6 Å². The Hall–Kier alpha value is 0.319. The topological polar surface area (TPSA) is 12.4 Å². The summed E-state index contributed by atoms with van der Waals surface area (Å²) in [6, 6.07) is 0. The molecule has 1 aliphatic heterocycles. The Bertz CT molecular complexity index is 157. The van der Waals surface area contributed by atoms with Crippen LogP contribution >= 0.6 is 0 Å². The molecular formula is C4H2NSe2. The van der Waals surface area contributed by atoms with Crippen LogP contribution in [0.5, 0.6) is 0 Å². The van der Waals surface area contributed by atoms with Crippen molar-refractivity contribution in [2.45, 2.75) is 0 Å². The minimum atomic E-state index is 0.953. The molecule has 0 bridgehead atoms. The Balaban J connectivity index is 2.88. The summed E-state index contributed by atoms with van der Waals surface area (Å²) in [5.74, 6) is 0. The molecule has 1 radical (unpaired) electrons. The predicted molar refractivity (Wildman–Crippen MR) is 33.1 cm³/mol. The van der Waals surface area contributed by atoms with Crippen LogP contribution in [-0.4, -0.2) is 40.7 Å². The van der Waals surface area contributed by atoms with Crippen molar-refractivity contribution in [2.24, 2.45) is 4.99 Å². The monoisotopic (exact) mass is 224 g/mol. The van der Waals surface area contributed by atoms with Crippen molar-refractivity contribution in [1.29, 1.82) is 0 Å². The van der Waals surface area contributed by atoms with E-state index in [1.807, 2.05) is 12.2 Å². The normalized spacial score (nSPS) is 17.7. The molecule has 1 aliphatic rings. The molecule has 1 heterocycles. The first-order chi connectivity index (χ1) is 3.29. The van der Waals surface area contributed by atoms with Gasteiger partial charge in [0.2, 0.25) is 0 Å². The first-order valence-electron chi connectivity index (χ1n) is 1.77. The molecule has 0 amide bonds. The molecule has 35 valence electrons. The van der Waals surface area contributed by atoms with Crippen LogP contribution in [0.15, 0.2) is 17.1 Å². The molecule has 0 aromatic rings. The fraction of sp³-hybridized carbons (Fsp3) is 0. The summed E-state index contributed by atoms with van der Waals surface area (Å²) in [6.45, 7) is 0. The van der Waals surface area contributed by atoms with E-state index in [1.54, 1.807) is 0 Å². The van der Waals surface area contributed by atoms with Gasteiger partial charge in [-0.2, -0.15) is 0 Å². The first-order valence-corrected chi connectivity index (χ1v) is 3.48. The average Bonchev–Trinajstić information content (AvgIpc) is 1.87. The standard InChI is InChI=1S/C4H2NSe2/c6-3-1-2-4(7)5-3/h1-2H. The molecular weight excluding hydrogens is 220 g/mol. The third kappa shape index (κ3) is 1.36. The van der Waals surface area contributed by atoms with Crippen molar-refractivity contribution in [3.63, 3.8) is 0 Å². The van der Waals surface area contributed by atoms with Gasteiger partial charge in [0.1, 0.15) is 0 Å². The van der Waals surface area contributed by atoms with Gasteiger partial charge in [-0.15, -0.1) is 0 Å². The van der Waals surface area contributed by atoms with Crippen LogP contribution < -0.4 is 0 Å². The van der Waals surface area contributed by atoms with Crippen LogP contribution in [0.25, 0.3) is 0 Å². The van der Waals surface area contributed by atoms with E-state index < -0.39 is 0 Å². The van der Waals surface area contributed by atoms with Crippen LogP contribution in [0.1, 0.15) is 0 Å². The van der Waals surface area contributed by atoms with E-state index in [0.717, 1.165) is 9.15 Å². The van der Waals surface area contributed by atoms with Crippen molar-refractivity contribution in [2.75, 3.05) is 0 Å². The van der Waals surface area contributed by atoms with Crippen LogP contribution in [0.2, 0.25) is 0 Å². The maximum atomic E-state index is 4.00. The van der Waals surface area contributed by atoms with Gasteiger partial charge in [0.05, 0.1) is 0 Å². The van der Waals surface area contributed by atoms with E-state index in [-0.39, 0.29) is 0 Å². The molecule has 0 aromatic heterocycles. The van der Waals surface area contributed by atoms with Gasteiger partial charge in [-0.3, -0.25) is 0 Å². The summed E-state index contributed by atoms with van der Waals surface area (Å²) in [4.78, 5) is 4.00. The van der Waals surface area contributed by atoms with Crippen molar-refractivity contribution >= 4 is 40.7 Å². The molecule has 0 N–H and O–H groups in total. The Labute approximate surface area is 58.1 Å². The maximum absolute atomic E-state index is 4.00. The molecule has 0 unspecified atom stereocenters. The van der Waals surface area contributed by atoms with Gasteiger partial charge < -0.3 is 0 Å². The van der Waals surface area contributed by atoms with Crippen molar-refractivity contribution in [3.8, 4) is 0 Å². The summed E-state index contributed by atoms with van der Waals surface area (Å²) in [6.07, 6.45) is 3.84. The zero-order valence-electron chi connectivity index (χ0n) is 3.42. The van der Waals surface area contributed by atoms with Gasteiger partial charge in [-0.1, -0.05) is 0 Å². The van der Waals surface area contributed by atoms with E-state index in [9.17, 15) is 0 Å². The second kappa shape index (κ2) is 2.06. The Morgan fingerprint density at radius 1 is 1.43 bits per heavy atom. The summed E-state index contributed by atoms with van der Waals surface area (Å²) in [7, 11) is 0. The summed E-state index contributed by atoms with van der Waals surface area (Å²) >= 11 is 5.58. The van der Waals surface area contributed by atoms with E-state index in [4.69, 9.17) is 0 Å². The molecule has 0 aromatic carbocycles. The number of aliphatic imine (C=N–C) groups is 1. The average molecular weight is 222 g/mol. The van der Waals surface area contributed by atoms with Crippen LogP contribution in [-0.2, 0) is 0 Å². The van der Waals surface area contributed by atoms with E-state index >= 15 is 0 Å². The van der Waals surface area contributed by atoms with Gasteiger partial charge in [-0.05, 0) is 0 Å². The summed E-state index contributed by atoms with van der Waals surface area (Å²) in [5, 5.41) is 0. The molecule has 1 rings (SSSR count). The minimum absolute atomic E-state index is 0.953. The fourth-order valence-electron chi connectivity index (χ4n) is 0.326. The second-order valence-electron chi connectivity index (χ2n) is 1.12. The summed E-state index contributed by atoms with van der Waals surface area (Å²) in [5.41, 5.74) is 0. The fourth-order valence-corrected chi connectivity index (χ4v) is 1.32. The summed E-state index contributed by atoms with van der Waals surface area (Å²) < 4.78 is 1.91. The van der Waals surface area contributed by atoms with E-state index in [1.165, 1.54) is 0 Å². The predicted octanol–water partition coefficient (Wildman–Crippen LogP) is -0.578. The molecule has 0 saturated carbocycles. The van der Waals surface area contributed by atoms with Gasteiger partial charge in [0, 0.05) is 0 Å². The zero-order valence-corrected chi connectivity index (χ0v) is 6.84. The third-order valence-electron chi connectivity index (χ3n) is 0.589. The quantitative estimate of drug-likeness (QED) is 0.486. The van der Waals surface area contributed by atoms with Gasteiger partial charge in [0.25, 0.3) is 0 Å². The third-order valence-corrected chi connectivity index (χ3v) is 1.54. The zero-order chi connectivity index (χ0) is 5.28. The van der Waals surface area contributed by atoms with Gasteiger partial charge in [-0.25, -0.2) is 0 Å². The molecule has 0 spiro atoms. The van der Waals surface area contributed by atoms with Crippen molar-refractivity contribution < 1.29 is 0 Å². The molecule has 0 atom stereocenters. The van der Waals surface area contributed by atoms with Crippen LogP contribution in [0, 0.1) is 0 Å². The molecule has 7 heavy (non-hydrogen) atoms. The number of rotatable bonds is 0. The van der Waals surface area contributed by atoms with Crippen LogP contribution in [0.4, 0.5) is 0 Å². The Kier molecular flexibility index (Phi) is 1.60. The molecule has 1 nitrogen and oxygen atoms in total. The molecule has 0 fully saturated rings. The number of nitrogens with zero attached hydrogens (tertiary/aromatic N) is 1.